The van der Waals surface area contributed by atoms with E-state index in [-0.39, 0.29) is 22.3 Å². The van der Waals surface area contributed by atoms with Crippen molar-refractivity contribution in [1.82, 2.24) is 19.7 Å². The Bertz CT molecular complexity index is 1750. The van der Waals surface area contributed by atoms with E-state index in [1.165, 1.54) is 16.9 Å². The number of piperidine rings is 1. The van der Waals surface area contributed by atoms with E-state index in [9.17, 15) is 21.6 Å². The molecule has 0 radical (unpaired) electrons. The highest BCUT2D eigenvalue weighted by Crippen LogP contribution is 2.44. The molecule has 10 nitrogen and oxygen atoms in total. The third-order valence-corrected chi connectivity index (χ3v) is 9.11. The highest BCUT2D eigenvalue weighted by Gasteiger charge is 2.41. The van der Waals surface area contributed by atoms with Gasteiger partial charge in [-0.3, -0.25) is 4.68 Å². The number of methoxy groups -OCH3 is 1. The van der Waals surface area contributed by atoms with Crippen LogP contribution in [0.25, 0.3) is 11.3 Å². The molecule has 246 valence electrons. The van der Waals surface area contributed by atoms with Crippen molar-refractivity contribution in [2.75, 3.05) is 29.8 Å². The number of alkyl halides is 3. The summed E-state index contributed by atoms with van der Waals surface area (Å²) in [6, 6.07) is 13.3. The van der Waals surface area contributed by atoms with Crippen LogP contribution in [0.3, 0.4) is 0 Å². The first-order valence-corrected chi connectivity index (χ1v) is 16.5. The van der Waals surface area contributed by atoms with Gasteiger partial charge in [-0.15, -0.1) is 0 Å². The van der Waals surface area contributed by atoms with E-state index in [0.717, 1.165) is 44.2 Å². The molecule has 0 unspecified atom stereocenters. The van der Waals surface area contributed by atoms with Crippen LogP contribution in [0.2, 0.25) is 0 Å². The Morgan fingerprint density at radius 3 is 2.35 bits per heavy atom. The lowest BCUT2D eigenvalue weighted by atomic mass is 9.95. The SMILES string of the molecule is COC1CCN(c2ccc(Oc3nc(NS(=O)(=O)c4cnn(C)c4)nc(-c4ccccc4CCC(C)C)c3C(F)(F)F)cc2)CC1. The molecular weight excluding hydrogens is 621 g/mol. The maximum atomic E-state index is 14.9. The summed E-state index contributed by atoms with van der Waals surface area (Å²) in [7, 11) is -1.06. The number of nitrogens with one attached hydrogen (secondary N) is 1. The van der Waals surface area contributed by atoms with Crippen molar-refractivity contribution in [3.63, 3.8) is 0 Å². The second-order valence-electron chi connectivity index (χ2n) is 11.6. The molecule has 2 aromatic carbocycles. The number of benzene rings is 2. The van der Waals surface area contributed by atoms with E-state index in [1.807, 2.05) is 13.8 Å². The first-order chi connectivity index (χ1) is 21.8. The molecule has 4 aromatic rings. The smallest absolute Gasteiger partial charge is 0.423 e. The molecule has 0 bridgehead atoms. The lowest BCUT2D eigenvalue weighted by Gasteiger charge is -2.33. The Hall–Kier alpha value is -4.17. The number of rotatable bonds is 11. The maximum absolute atomic E-state index is 14.9. The van der Waals surface area contributed by atoms with Crippen LogP contribution < -0.4 is 14.4 Å². The zero-order chi connectivity index (χ0) is 33.1. The normalized spacial score (nSPS) is 14.6. The van der Waals surface area contributed by atoms with Gasteiger partial charge in [0.15, 0.2) is 0 Å². The van der Waals surface area contributed by atoms with Crippen LogP contribution in [0.5, 0.6) is 11.6 Å². The van der Waals surface area contributed by atoms with Gasteiger partial charge in [0, 0.05) is 44.7 Å². The molecule has 3 heterocycles. The predicted molar refractivity (Wildman–Crippen MR) is 168 cm³/mol. The summed E-state index contributed by atoms with van der Waals surface area (Å²) in [6.07, 6.45) is 0.576. The number of sulfonamides is 1. The number of nitrogens with zero attached hydrogens (tertiary/aromatic N) is 5. The van der Waals surface area contributed by atoms with Crippen LogP contribution in [-0.4, -0.2) is 54.5 Å². The highest BCUT2D eigenvalue weighted by atomic mass is 32.2. The van der Waals surface area contributed by atoms with Gasteiger partial charge in [0.1, 0.15) is 16.2 Å². The van der Waals surface area contributed by atoms with Crippen LogP contribution in [0.15, 0.2) is 65.8 Å². The molecule has 1 fully saturated rings. The molecule has 0 amide bonds. The number of aromatic nitrogens is 4. The molecule has 1 saturated heterocycles. The van der Waals surface area contributed by atoms with Crippen LogP contribution >= 0.6 is 0 Å². The Morgan fingerprint density at radius 2 is 1.74 bits per heavy atom. The second kappa shape index (κ2) is 13.7. The summed E-state index contributed by atoms with van der Waals surface area (Å²) < 4.78 is 85.9. The number of anilines is 2. The third-order valence-electron chi connectivity index (χ3n) is 7.83. The van der Waals surface area contributed by atoms with Crippen molar-refractivity contribution in [3.8, 4) is 22.9 Å². The molecule has 2 aromatic heterocycles. The number of hydrogen-bond acceptors (Lipinski definition) is 8. The molecule has 0 aliphatic carbocycles. The molecule has 0 saturated carbocycles. The van der Waals surface area contributed by atoms with Crippen molar-refractivity contribution >= 4 is 21.7 Å². The number of hydrogen-bond donors (Lipinski definition) is 1. The van der Waals surface area contributed by atoms with E-state index >= 15 is 0 Å². The van der Waals surface area contributed by atoms with Gasteiger partial charge in [0.25, 0.3) is 10.0 Å². The first-order valence-electron chi connectivity index (χ1n) is 15.0. The molecular formula is C32H37F3N6O4S. The lowest BCUT2D eigenvalue weighted by molar-refractivity contribution is -0.138. The van der Waals surface area contributed by atoms with Gasteiger partial charge >= 0.3 is 6.18 Å². The molecule has 0 spiro atoms. The number of halogens is 3. The molecule has 46 heavy (non-hydrogen) atoms. The standard InChI is InChI=1S/C32H37F3N6O4S/c1-21(2)9-10-22-7-5-6-8-27(22)29-28(32(33,34)35)30(38-31(37-29)39-46(42,43)26-19-36-40(3)20-26)45-25-13-11-23(12-14-25)41-17-15-24(44-4)16-18-41/h5-8,11-14,19-21,24H,9-10,15-18H2,1-4H3,(H,37,38,39). The van der Waals surface area contributed by atoms with Crippen LogP contribution in [0, 0.1) is 5.92 Å². The van der Waals surface area contributed by atoms with Crippen LogP contribution in [-0.2, 0) is 34.4 Å². The monoisotopic (exact) mass is 658 g/mol. The summed E-state index contributed by atoms with van der Waals surface area (Å²) in [5.74, 6) is -0.998. The first kappa shape index (κ1) is 33.2. The fourth-order valence-electron chi connectivity index (χ4n) is 5.33. The molecule has 5 rings (SSSR count). The summed E-state index contributed by atoms with van der Waals surface area (Å²) in [4.78, 5) is 10.1. The Kier molecular flexibility index (Phi) is 9.87. The van der Waals surface area contributed by atoms with Gasteiger partial charge in [-0.2, -0.15) is 23.3 Å². The van der Waals surface area contributed by atoms with Gasteiger partial charge < -0.3 is 14.4 Å². The highest BCUT2D eigenvalue weighted by molar-refractivity contribution is 7.92. The molecule has 1 aliphatic heterocycles. The van der Waals surface area contributed by atoms with Crippen LogP contribution in [0.1, 0.15) is 44.2 Å². The van der Waals surface area contributed by atoms with E-state index in [4.69, 9.17) is 9.47 Å². The fraction of sp³-hybridized carbons (Fsp3) is 0.406. The van der Waals surface area contributed by atoms with Crippen molar-refractivity contribution in [1.29, 1.82) is 0 Å². The fourth-order valence-corrected chi connectivity index (χ4v) is 6.25. The minimum Gasteiger partial charge on any atom is -0.438 e. The Labute approximate surface area is 266 Å². The van der Waals surface area contributed by atoms with Gasteiger partial charge in [0.2, 0.25) is 11.8 Å². The predicted octanol–water partition coefficient (Wildman–Crippen LogP) is 6.69. The molecule has 1 aliphatic rings. The summed E-state index contributed by atoms with van der Waals surface area (Å²) in [6.45, 7) is 5.61. The summed E-state index contributed by atoms with van der Waals surface area (Å²) in [5.41, 5.74) is 0.0385. The van der Waals surface area contributed by atoms with Gasteiger partial charge in [-0.1, -0.05) is 38.1 Å². The van der Waals surface area contributed by atoms with E-state index in [0.29, 0.717) is 17.9 Å². The van der Waals surface area contributed by atoms with Crippen molar-refractivity contribution in [2.24, 2.45) is 13.0 Å². The zero-order valence-corrected chi connectivity index (χ0v) is 26.9. The minimum atomic E-state index is -4.94. The minimum absolute atomic E-state index is 0.0971. The Balaban J connectivity index is 1.58. The topological polar surface area (TPSA) is 111 Å². The molecule has 0 atom stereocenters. The van der Waals surface area contributed by atoms with Gasteiger partial charge in [-0.05, 0) is 61.4 Å². The quantitative estimate of drug-likeness (QED) is 0.190. The largest absolute Gasteiger partial charge is 0.438 e. The van der Waals surface area contributed by atoms with E-state index < -0.39 is 39.3 Å². The van der Waals surface area contributed by atoms with E-state index in [2.05, 4.69) is 24.7 Å². The lowest BCUT2D eigenvalue weighted by Crippen LogP contribution is -2.36. The maximum Gasteiger partial charge on any atom is 0.423 e. The van der Waals surface area contributed by atoms with Gasteiger partial charge in [0.05, 0.1) is 18.0 Å². The summed E-state index contributed by atoms with van der Waals surface area (Å²) >= 11 is 0. The van der Waals surface area contributed by atoms with Crippen molar-refractivity contribution < 1.29 is 31.1 Å². The third kappa shape index (κ3) is 7.79. The Morgan fingerprint density at radius 1 is 1.04 bits per heavy atom. The average molecular weight is 659 g/mol. The summed E-state index contributed by atoms with van der Waals surface area (Å²) in [5, 5.41) is 3.88. The van der Waals surface area contributed by atoms with Crippen molar-refractivity contribution in [3.05, 3.63) is 72.1 Å². The molecule has 14 heteroatoms. The second-order valence-corrected chi connectivity index (χ2v) is 13.3. The van der Waals surface area contributed by atoms with Crippen LogP contribution in [0.4, 0.5) is 24.8 Å². The zero-order valence-electron chi connectivity index (χ0n) is 26.1. The molecule has 1 N–H and O–H groups in total. The van der Waals surface area contributed by atoms with Gasteiger partial charge in [-0.25, -0.2) is 18.1 Å². The van der Waals surface area contributed by atoms with Crippen molar-refractivity contribution in [2.45, 2.75) is 56.7 Å². The number of ether oxygens (including phenoxy) is 2. The van der Waals surface area contributed by atoms with E-state index in [1.54, 1.807) is 56.6 Å². The average Bonchev–Trinajstić information content (AvgIpc) is 3.47. The number of aryl methyl sites for hydroxylation is 2.